The van der Waals surface area contributed by atoms with E-state index in [0.29, 0.717) is 12.1 Å². The maximum Gasteiger partial charge on any atom is 0.325 e. The Balaban J connectivity index is 1.81. The molecule has 2 aromatic carbocycles. The number of nitrogens with one attached hydrogen (secondary N) is 1. The highest BCUT2D eigenvalue weighted by molar-refractivity contribution is 6.09. The molecule has 1 saturated heterocycles. The Kier molecular flexibility index (Phi) is 5.70. The van der Waals surface area contributed by atoms with Crippen LogP contribution in [0, 0.1) is 6.92 Å². The summed E-state index contributed by atoms with van der Waals surface area (Å²) in [6.45, 7) is 9.56. The molecule has 158 valence electrons. The first-order chi connectivity index (χ1) is 14.0. The Bertz CT molecular complexity index is 948. The minimum Gasteiger partial charge on any atom is -0.332 e. The van der Waals surface area contributed by atoms with Crippen LogP contribution in [0.2, 0.25) is 0 Å². The average Bonchev–Trinajstić information content (AvgIpc) is 2.90. The number of carbonyl (C=O) groups excluding carboxylic acids is 3. The smallest absolute Gasteiger partial charge is 0.325 e. The quantitative estimate of drug-likeness (QED) is 0.770. The molecule has 1 heterocycles. The van der Waals surface area contributed by atoms with Crippen molar-refractivity contribution in [3.05, 3.63) is 71.3 Å². The zero-order chi connectivity index (χ0) is 22.1. The molecule has 1 aliphatic rings. The van der Waals surface area contributed by atoms with Crippen LogP contribution in [0.3, 0.4) is 0 Å². The predicted molar refractivity (Wildman–Crippen MR) is 116 cm³/mol. The Labute approximate surface area is 177 Å². The number of hydrogen-bond donors (Lipinski definition) is 1. The number of hydrogen-bond acceptors (Lipinski definition) is 3. The van der Waals surface area contributed by atoms with Crippen molar-refractivity contribution in [1.29, 1.82) is 0 Å². The van der Waals surface area contributed by atoms with Crippen LogP contribution in [0.5, 0.6) is 0 Å². The van der Waals surface area contributed by atoms with Gasteiger partial charge in [-0.2, -0.15) is 0 Å². The molecule has 0 bridgehead atoms. The average molecular weight is 408 g/mol. The third kappa shape index (κ3) is 4.22. The second kappa shape index (κ2) is 7.94. The van der Waals surface area contributed by atoms with E-state index in [2.05, 4.69) is 5.32 Å². The van der Waals surface area contributed by atoms with Gasteiger partial charge >= 0.3 is 6.03 Å². The van der Waals surface area contributed by atoms with Gasteiger partial charge < -0.3 is 10.2 Å². The Morgan fingerprint density at radius 2 is 1.63 bits per heavy atom. The van der Waals surface area contributed by atoms with Gasteiger partial charge in [-0.05, 0) is 45.7 Å². The molecule has 0 aliphatic carbocycles. The van der Waals surface area contributed by atoms with Crippen molar-refractivity contribution >= 4 is 17.8 Å². The molecule has 6 heteroatoms. The Hall–Kier alpha value is -3.15. The van der Waals surface area contributed by atoms with E-state index in [1.54, 1.807) is 11.8 Å². The van der Waals surface area contributed by atoms with E-state index in [4.69, 9.17) is 0 Å². The largest absolute Gasteiger partial charge is 0.332 e. The van der Waals surface area contributed by atoms with Gasteiger partial charge in [-0.1, -0.05) is 60.2 Å². The maximum atomic E-state index is 13.2. The summed E-state index contributed by atoms with van der Waals surface area (Å²) in [7, 11) is 0. The second-order valence-corrected chi connectivity index (χ2v) is 8.95. The summed E-state index contributed by atoms with van der Waals surface area (Å²) in [4.78, 5) is 41.7. The van der Waals surface area contributed by atoms with E-state index < -0.39 is 23.0 Å². The minimum atomic E-state index is -1.18. The second-order valence-electron chi connectivity index (χ2n) is 8.95. The first-order valence-electron chi connectivity index (χ1n) is 10.1. The third-order valence-corrected chi connectivity index (χ3v) is 5.49. The number of carbonyl (C=O) groups is 3. The summed E-state index contributed by atoms with van der Waals surface area (Å²) in [6, 6.07) is 16.6. The number of benzene rings is 2. The fourth-order valence-electron chi connectivity index (χ4n) is 3.61. The Morgan fingerprint density at radius 1 is 1.03 bits per heavy atom. The van der Waals surface area contributed by atoms with Gasteiger partial charge in [-0.25, -0.2) is 4.79 Å². The van der Waals surface area contributed by atoms with Crippen molar-refractivity contribution in [1.82, 2.24) is 15.1 Å². The molecular weight excluding hydrogens is 378 g/mol. The molecule has 0 aromatic heterocycles. The van der Waals surface area contributed by atoms with Crippen molar-refractivity contribution in [2.45, 2.75) is 52.2 Å². The van der Waals surface area contributed by atoms with Crippen LogP contribution in [-0.2, 0) is 21.7 Å². The van der Waals surface area contributed by atoms with Gasteiger partial charge in [-0.15, -0.1) is 0 Å². The highest BCUT2D eigenvalue weighted by atomic mass is 16.2. The minimum absolute atomic E-state index is 0.275. The van der Waals surface area contributed by atoms with Gasteiger partial charge in [0.1, 0.15) is 12.1 Å². The molecular formula is C24H29N3O3. The van der Waals surface area contributed by atoms with E-state index in [1.807, 2.05) is 82.3 Å². The standard InChI is InChI=1S/C24H29N3O3/c1-17-11-13-19(14-12-17)24(5)21(29)26(22(30)25-24)16-20(28)27(23(2,3)4)15-18-9-7-6-8-10-18/h6-14H,15-16H2,1-5H3,(H,25,30)/t24-/m0/s1. The first kappa shape index (κ1) is 21.6. The van der Waals surface area contributed by atoms with Crippen LogP contribution in [-0.4, -0.2) is 39.7 Å². The number of imide groups is 1. The van der Waals surface area contributed by atoms with Crippen molar-refractivity contribution in [2.24, 2.45) is 0 Å². The first-order valence-corrected chi connectivity index (χ1v) is 10.1. The van der Waals surface area contributed by atoms with Crippen LogP contribution in [0.1, 0.15) is 44.4 Å². The van der Waals surface area contributed by atoms with Crippen molar-refractivity contribution in [2.75, 3.05) is 6.54 Å². The monoisotopic (exact) mass is 407 g/mol. The lowest BCUT2D eigenvalue weighted by Gasteiger charge is -2.36. The van der Waals surface area contributed by atoms with Gasteiger partial charge in [0.2, 0.25) is 5.91 Å². The normalized spacial score (nSPS) is 19.0. The molecule has 3 rings (SSSR count). The van der Waals surface area contributed by atoms with E-state index >= 15 is 0 Å². The molecule has 0 saturated carbocycles. The van der Waals surface area contributed by atoms with E-state index in [0.717, 1.165) is 16.0 Å². The molecule has 2 aromatic rings. The number of rotatable bonds is 5. The molecule has 1 atom stereocenters. The molecule has 0 radical (unpaired) electrons. The van der Waals surface area contributed by atoms with Gasteiger partial charge in [0.05, 0.1) is 0 Å². The zero-order valence-electron chi connectivity index (χ0n) is 18.2. The van der Waals surface area contributed by atoms with Gasteiger partial charge in [0.15, 0.2) is 0 Å². The van der Waals surface area contributed by atoms with Gasteiger partial charge in [0.25, 0.3) is 5.91 Å². The highest BCUT2D eigenvalue weighted by Crippen LogP contribution is 2.29. The van der Waals surface area contributed by atoms with E-state index in [-0.39, 0.29) is 12.5 Å². The summed E-state index contributed by atoms with van der Waals surface area (Å²) in [5.74, 6) is -0.693. The number of nitrogens with zero attached hydrogens (tertiary/aromatic N) is 2. The molecule has 0 unspecified atom stereocenters. The molecule has 1 fully saturated rings. The van der Waals surface area contributed by atoms with Crippen molar-refractivity contribution in [3.63, 3.8) is 0 Å². The lowest BCUT2D eigenvalue weighted by Crippen LogP contribution is -2.50. The lowest BCUT2D eigenvalue weighted by molar-refractivity contribution is -0.142. The van der Waals surface area contributed by atoms with Crippen molar-refractivity contribution in [3.8, 4) is 0 Å². The van der Waals surface area contributed by atoms with Gasteiger partial charge in [-0.3, -0.25) is 14.5 Å². The summed E-state index contributed by atoms with van der Waals surface area (Å²) in [5.41, 5.74) is 1.09. The number of amides is 4. The summed E-state index contributed by atoms with van der Waals surface area (Å²) < 4.78 is 0. The maximum absolute atomic E-state index is 13.2. The summed E-state index contributed by atoms with van der Waals surface area (Å²) in [6.07, 6.45) is 0. The fraction of sp³-hybridized carbons (Fsp3) is 0.375. The van der Waals surface area contributed by atoms with Crippen LogP contribution < -0.4 is 5.32 Å². The Morgan fingerprint density at radius 3 is 2.20 bits per heavy atom. The lowest BCUT2D eigenvalue weighted by atomic mass is 9.91. The van der Waals surface area contributed by atoms with E-state index in [9.17, 15) is 14.4 Å². The van der Waals surface area contributed by atoms with Gasteiger partial charge in [0, 0.05) is 12.1 Å². The highest BCUT2D eigenvalue weighted by Gasteiger charge is 2.50. The molecule has 1 aliphatic heterocycles. The third-order valence-electron chi connectivity index (χ3n) is 5.49. The molecule has 1 N–H and O–H groups in total. The van der Waals surface area contributed by atoms with Crippen LogP contribution >= 0.6 is 0 Å². The fourth-order valence-corrected chi connectivity index (χ4v) is 3.61. The number of aryl methyl sites for hydroxylation is 1. The zero-order valence-corrected chi connectivity index (χ0v) is 18.2. The summed E-state index contributed by atoms with van der Waals surface area (Å²) >= 11 is 0. The van der Waals surface area contributed by atoms with Crippen LogP contribution in [0.4, 0.5) is 4.79 Å². The molecule has 30 heavy (non-hydrogen) atoms. The summed E-state index contributed by atoms with van der Waals surface area (Å²) in [5, 5.41) is 2.77. The number of urea groups is 1. The van der Waals surface area contributed by atoms with E-state index in [1.165, 1.54) is 0 Å². The molecule has 4 amide bonds. The topological polar surface area (TPSA) is 69.7 Å². The molecule has 6 nitrogen and oxygen atoms in total. The SMILES string of the molecule is Cc1ccc([C@]2(C)NC(=O)N(CC(=O)N(Cc3ccccc3)C(C)(C)C)C2=O)cc1. The predicted octanol–water partition coefficient (Wildman–Crippen LogP) is 3.59. The van der Waals surface area contributed by atoms with Crippen LogP contribution in [0.25, 0.3) is 0 Å². The molecule has 0 spiro atoms. The van der Waals surface area contributed by atoms with Crippen LogP contribution in [0.15, 0.2) is 54.6 Å². The van der Waals surface area contributed by atoms with Crippen molar-refractivity contribution < 1.29 is 14.4 Å².